The van der Waals surface area contributed by atoms with E-state index in [0.29, 0.717) is 16.6 Å². The van der Waals surface area contributed by atoms with Crippen molar-refractivity contribution in [1.82, 2.24) is 15.1 Å². The first-order valence-electron chi connectivity index (χ1n) is 8.10. The van der Waals surface area contributed by atoms with Gasteiger partial charge in [0.1, 0.15) is 0 Å². The van der Waals surface area contributed by atoms with E-state index in [2.05, 4.69) is 36.5 Å². The summed E-state index contributed by atoms with van der Waals surface area (Å²) in [6.07, 6.45) is 3.73. The fraction of sp³-hybridized carbons (Fsp3) is 0.444. The van der Waals surface area contributed by atoms with E-state index < -0.39 is 0 Å². The topological polar surface area (TPSA) is 60.3 Å². The van der Waals surface area contributed by atoms with Gasteiger partial charge in [0.25, 0.3) is 0 Å². The maximum atomic E-state index is 5.49. The number of ether oxygens (including phenoxy) is 2. The number of methoxy groups -OCH3 is 2. The van der Waals surface area contributed by atoms with Gasteiger partial charge in [-0.05, 0) is 35.8 Å². The van der Waals surface area contributed by atoms with Gasteiger partial charge < -0.3 is 20.1 Å². The Bertz CT molecular complexity index is 696. The quantitative estimate of drug-likeness (QED) is 0.769. The lowest BCUT2D eigenvalue weighted by molar-refractivity contribution is 0.262. The molecule has 1 aromatic carbocycles. The summed E-state index contributed by atoms with van der Waals surface area (Å²) in [5, 5.41) is 11.4. The van der Waals surface area contributed by atoms with Crippen LogP contribution in [-0.2, 0) is 6.54 Å². The number of hydrogen-bond donors (Lipinski definition) is 2. The molecule has 2 N–H and O–H groups in total. The van der Waals surface area contributed by atoms with Crippen LogP contribution in [0.4, 0.5) is 5.69 Å². The fourth-order valence-corrected chi connectivity index (χ4v) is 2.63. The lowest BCUT2D eigenvalue weighted by Crippen LogP contribution is -2.48. The summed E-state index contributed by atoms with van der Waals surface area (Å²) < 4.78 is 12.5. The van der Waals surface area contributed by atoms with E-state index in [1.807, 2.05) is 35.1 Å². The number of nitrogens with one attached hydrogen (secondary N) is 2. The molecule has 0 aliphatic carbocycles. The first kappa shape index (κ1) is 19.1. The molecule has 136 valence electrons. The van der Waals surface area contributed by atoms with Crippen molar-refractivity contribution < 1.29 is 9.47 Å². The van der Waals surface area contributed by atoms with Crippen molar-refractivity contribution in [2.45, 2.75) is 33.4 Å². The largest absolute Gasteiger partial charge is 0.493 e. The molecule has 0 bridgehead atoms. The van der Waals surface area contributed by atoms with Gasteiger partial charge in [0.05, 0.1) is 26.8 Å². The van der Waals surface area contributed by atoms with Gasteiger partial charge in [-0.1, -0.05) is 20.8 Å². The molecule has 0 radical (unpaired) electrons. The molecule has 1 aromatic heterocycles. The molecule has 1 atom stereocenters. The number of benzene rings is 1. The Labute approximate surface area is 154 Å². The molecular formula is C18H26N4O2S. The minimum absolute atomic E-state index is 0.00921. The maximum absolute atomic E-state index is 5.49. The molecule has 0 saturated carbocycles. The van der Waals surface area contributed by atoms with Crippen LogP contribution in [0.5, 0.6) is 11.5 Å². The van der Waals surface area contributed by atoms with Crippen LogP contribution < -0.4 is 20.1 Å². The fourth-order valence-electron chi connectivity index (χ4n) is 2.37. The predicted molar refractivity (Wildman–Crippen MR) is 104 cm³/mol. The van der Waals surface area contributed by atoms with Crippen molar-refractivity contribution in [2.24, 2.45) is 5.41 Å². The second-order valence-corrected chi connectivity index (χ2v) is 7.22. The van der Waals surface area contributed by atoms with Gasteiger partial charge in [-0.25, -0.2) is 0 Å². The molecule has 0 saturated heterocycles. The molecule has 2 aromatic rings. The number of rotatable bonds is 6. The normalized spacial score (nSPS) is 12.4. The number of thiocarbonyl (C=S) groups is 1. The highest BCUT2D eigenvalue weighted by Gasteiger charge is 2.26. The summed E-state index contributed by atoms with van der Waals surface area (Å²) in [4.78, 5) is 0. The molecule has 0 fully saturated rings. The zero-order valence-electron chi connectivity index (χ0n) is 15.4. The Kier molecular flexibility index (Phi) is 6.25. The zero-order chi connectivity index (χ0) is 18.4. The molecule has 0 spiro atoms. The maximum Gasteiger partial charge on any atom is 0.171 e. The van der Waals surface area contributed by atoms with Gasteiger partial charge in [0.2, 0.25) is 0 Å². The Morgan fingerprint density at radius 2 is 1.96 bits per heavy atom. The summed E-state index contributed by atoms with van der Waals surface area (Å²) >= 11 is 5.49. The van der Waals surface area contributed by atoms with Crippen LogP contribution in [0.25, 0.3) is 0 Å². The van der Waals surface area contributed by atoms with Gasteiger partial charge in [-0.3, -0.25) is 4.68 Å². The molecule has 7 heteroatoms. The predicted octanol–water partition coefficient (Wildman–Crippen LogP) is 3.30. The summed E-state index contributed by atoms with van der Waals surface area (Å²) in [6, 6.07) is 7.63. The number of aromatic nitrogens is 2. The first-order chi connectivity index (χ1) is 11.8. The molecule has 0 amide bonds. The standard InChI is InChI=1S/C18H26N4O2S/c1-18(2,3)16(12-22-10-6-9-19-22)21-17(25)20-13-7-8-14(23-4)15(11-13)24-5/h6-11,16H,12H2,1-5H3,(H2,20,21,25). The summed E-state index contributed by atoms with van der Waals surface area (Å²) in [5.41, 5.74) is 0.844. The van der Waals surface area contributed by atoms with Crippen LogP contribution in [-0.4, -0.2) is 35.2 Å². The third-order valence-electron chi connectivity index (χ3n) is 3.92. The summed E-state index contributed by atoms with van der Waals surface area (Å²) in [6.45, 7) is 7.25. The third kappa shape index (κ3) is 5.35. The molecule has 25 heavy (non-hydrogen) atoms. The number of anilines is 1. The second-order valence-electron chi connectivity index (χ2n) is 6.81. The van der Waals surface area contributed by atoms with Crippen molar-refractivity contribution in [3.63, 3.8) is 0 Å². The highest BCUT2D eigenvalue weighted by molar-refractivity contribution is 7.80. The molecule has 6 nitrogen and oxygen atoms in total. The van der Waals surface area contributed by atoms with Gasteiger partial charge in [-0.2, -0.15) is 5.10 Å². The molecule has 2 rings (SSSR count). The zero-order valence-corrected chi connectivity index (χ0v) is 16.2. The van der Waals surface area contributed by atoms with Gasteiger partial charge in [0.15, 0.2) is 16.6 Å². The number of hydrogen-bond acceptors (Lipinski definition) is 4. The second kappa shape index (κ2) is 8.20. The van der Waals surface area contributed by atoms with Crippen molar-refractivity contribution >= 4 is 23.0 Å². The lowest BCUT2D eigenvalue weighted by atomic mass is 9.87. The molecular weight excluding hydrogens is 336 g/mol. The Hall–Kier alpha value is -2.28. The van der Waals surface area contributed by atoms with Crippen LogP contribution in [0.1, 0.15) is 20.8 Å². The van der Waals surface area contributed by atoms with Crippen molar-refractivity contribution in [3.05, 3.63) is 36.7 Å². The molecule has 1 heterocycles. The van der Waals surface area contributed by atoms with Crippen LogP contribution in [0.2, 0.25) is 0 Å². The Morgan fingerprint density at radius 1 is 1.24 bits per heavy atom. The Balaban J connectivity index is 2.06. The van der Waals surface area contributed by atoms with Gasteiger partial charge in [-0.15, -0.1) is 0 Å². The van der Waals surface area contributed by atoms with Gasteiger partial charge in [0, 0.05) is 24.1 Å². The highest BCUT2D eigenvalue weighted by atomic mass is 32.1. The lowest BCUT2D eigenvalue weighted by Gasteiger charge is -2.32. The van der Waals surface area contributed by atoms with Crippen molar-refractivity contribution in [2.75, 3.05) is 19.5 Å². The SMILES string of the molecule is COc1ccc(NC(=S)NC(Cn2cccn2)C(C)(C)C)cc1OC. The smallest absolute Gasteiger partial charge is 0.171 e. The average Bonchev–Trinajstić information content (AvgIpc) is 3.06. The van der Waals surface area contributed by atoms with Crippen LogP contribution >= 0.6 is 12.2 Å². The molecule has 1 unspecified atom stereocenters. The molecule has 0 aliphatic heterocycles. The minimum atomic E-state index is 0.00921. The summed E-state index contributed by atoms with van der Waals surface area (Å²) in [7, 11) is 3.22. The van der Waals surface area contributed by atoms with E-state index in [1.54, 1.807) is 20.4 Å². The van der Waals surface area contributed by atoms with Gasteiger partial charge >= 0.3 is 0 Å². The van der Waals surface area contributed by atoms with Crippen LogP contribution in [0.15, 0.2) is 36.7 Å². The van der Waals surface area contributed by atoms with E-state index in [1.165, 1.54) is 0 Å². The van der Waals surface area contributed by atoms with E-state index >= 15 is 0 Å². The monoisotopic (exact) mass is 362 g/mol. The van der Waals surface area contributed by atoms with E-state index in [0.717, 1.165) is 12.2 Å². The van der Waals surface area contributed by atoms with E-state index in [9.17, 15) is 0 Å². The summed E-state index contributed by atoms with van der Waals surface area (Å²) in [5.74, 6) is 1.33. The first-order valence-corrected chi connectivity index (χ1v) is 8.51. The third-order valence-corrected chi connectivity index (χ3v) is 4.14. The van der Waals surface area contributed by atoms with E-state index in [4.69, 9.17) is 21.7 Å². The highest BCUT2D eigenvalue weighted by Crippen LogP contribution is 2.29. The average molecular weight is 362 g/mol. The van der Waals surface area contributed by atoms with Crippen molar-refractivity contribution in [3.8, 4) is 11.5 Å². The molecule has 0 aliphatic rings. The number of nitrogens with zero attached hydrogens (tertiary/aromatic N) is 2. The minimum Gasteiger partial charge on any atom is -0.493 e. The van der Waals surface area contributed by atoms with Crippen LogP contribution in [0.3, 0.4) is 0 Å². The van der Waals surface area contributed by atoms with Crippen molar-refractivity contribution in [1.29, 1.82) is 0 Å². The van der Waals surface area contributed by atoms with E-state index in [-0.39, 0.29) is 11.5 Å². The Morgan fingerprint density at radius 3 is 2.52 bits per heavy atom. The van der Waals surface area contributed by atoms with Crippen LogP contribution in [0, 0.1) is 5.41 Å².